The van der Waals surface area contributed by atoms with Crippen LogP contribution in [-0.2, 0) is 0 Å². The normalized spacial score (nSPS) is 14.8. The number of nitrogens with one attached hydrogen (secondary N) is 1. The van der Waals surface area contributed by atoms with Crippen LogP contribution in [-0.4, -0.2) is 46.1 Å². The lowest BCUT2D eigenvalue weighted by molar-refractivity contribution is 0.206. The van der Waals surface area contributed by atoms with Crippen molar-refractivity contribution in [2.75, 3.05) is 46.1 Å². The Kier molecular flexibility index (Phi) is 13.5. The maximum atomic E-state index is 6.17. The van der Waals surface area contributed by atoms with Crippen molar-refractivity contribution >= 4 is 0 Å². The van der Waals surface area contributed by atoms with Gasteiger partial charge in [-0.15, -0.1) is 0 Å². The molecule has 0 bridgehead atoms. The summed E-state index contributed by atoms with van der Waals surface area (Å²) >= 11 is 0. The quantitative estimate of drug-likeness (QED) is 0.234. The standard InChI is InChI=1S/C31H48N2O4/c1-3-9-26(23-36-29-13-7-12-28(22-29)34-20-17-32)16-18-33-19-21-35-30-14-8-15-31(25(30)2)37-24-27-10-5-4-6-11-27/h7-8,12-15,22,26-27,33H,3-6,9-11,16-21,23-24,32H2,1-2H3. The molecule has 1 atom stereocenters. The minimum atomic E-state index is 0.502. The first kappa shape index (κ1) is 29.1. The first-order valence-electron chi connectivity index (χ1n) is 14.3. The van der Waals surface area contributed by atoms with Gasteiger partial charge < -0.3 is 30.0 Å². The van der Waals surface area contributed by atoms with E-state index in [2.05, 4.69) is 25.2 Å². The van der Waals surface area contributed by atoms with Crippen molar-refractivity contribution in [2.45, 2.75) is 65.2 Å². The Hall–Kier alpha value is -2.44. The Balaban J connectivity index is 1.33. The molecule has 2 aromatic carbocycles. The van der Waals surface area contributed by atoms with E-state index in [0.29, 0.717) is 38.2 Å². The minimum Gasteiger partial charge on any atom is -0.493 e. The third-order valence-electron chi connectivity index (χ3n) is 7.07. The molecule has 1 aliphatic rings. The summed E-state index contributed by atoms with van der Waals surface area (Å²) in [6.45, 7) is 9.25. The molecule has 206 valence electrons. The number of benzene rings is 2. The van der Waals surface area contributed by atoms with Crippen molar-refractivity contribution in [1.29, 1.82) is 0 Å². The van der Waals surface area contributed by atoms with Crippen LogP contribution in [0.25, 0.3) is 0 Å². The number of rotatable bonds is 18. The van der Waals surface area contributed by atoms with Crippen LogP contribution < -0.4 is 30.0 Å². The highest BCUT2D eigenvalue weighted by Crippen LogP contribution is 2.30. The van der Waals surface area contributed by atoms with Crippen LogP contribution in [0.1, 0.15) is 63.9 Å². The molecule has 0 spiro atoms. The van der Waals surface area contributed by atoms with Gasteiger partial charge in [0.15, 0.2) is 0 Å². The number of ether oxygens (including phenoxy) is 4. The van der Waals surface area contributed by atoms with Gasteiger partial charge in [0, 0.05) is 24.7 Å². The third kappa shape index (κ3) is 10.8. The summed E-state index contributed by atoms with van der Waals surface area (Å²) in [7, 11) is 0. The van der Waals surface area contributed by atoms with Crippen molar-refractivity contribution in [3.63, 3.8) is 0 Å². The fourth-order valence-corrected chi connectivity index (χ4v) is 4.90. The molecular formula is C31H48N2O4. The Morgan fingerprint density at radius 3 is 2.35 bits per heavy atom. The van der Waals surface area contributed by atoms with E-state index in [9.17, 15) is 0 Å². The largest absolute Gasteiger partial charge is 0.493 e. The van der Waals surface area contributed by atoms with Gasteiger partial charge in [-0.2, -0.15) is 0 Å². The van der Waals surface area contributed by atoms with Gasteiger partial charge in [-0.1, -0.05) is 44.7 Å². The molecule has 6 nitrogen and oxygen atoms in total. The maximum Gasteiger partial charge on any atom is 0.125 e. The Morgan fingerprint density at radius 2 is 1.59 bits per heavy atom. The molecule has 1 saturated carbocycles. The monoisotopic (exact) mass is 512 g/mol. The van der Waals surface area contributed by atoms with E-state index >= 15 is 0 Å². The topological polar surface area (TPSA) is 75.0 Å². The molecule has 0 radical (unpaired) electrons. The predicted molar refractivity (Wildman–Crippen MR) is 151 cm³/mol. The molecule has 0 heterocycles. The zero-order chi connectivity index (χ0) is 26.1. The Morgan fingerprint density at radius 1 is 0.865 bits per heavy atom. The lowest BCUT2D eigenvalue weighted by Gasteiger charge is -2.22. The first-order valence-corrected chi connectivity index (χ1v) is 14.3. The summed E-state index contributed by atoms with van der Waals surface area (Å²) in [5.74, 6) is 4.72. The molecule has 0 saturated heterocycles. The fourth-order valence-electron chi connectivity index (χ4n) is 4.90. The van der Waals surface area contributed by atoms with Crippen LogP contribution in [0.2, 0.25) is 0 Å². The van der Waals surface area contributed by atoms with E-state index in [0.717, 1.165) is 67.5 Å². The number of hydrogen-bond donors (Lipinski definition) is 2. The van der Waals surface area contributed by atoms with Crippen LogP contribution >= 0.6 is 0 Å². The fraction of sp³-hybridized carbons (Fsp3) is 0.613. The minimum absolute atomic E-state index is 0.502. The van der Waals surface area contributed by atoms with Crippen LogP contribution in [0.4, 0.5) is 0 Å². The van der Waals surface area contributed by atoms with Gasteiger partial charge in [-0.05, 0) is 75.3 Å². The van der Waals surface area contributed by atoms with E-state index in [4.69, 9.17) is 24.7 Å². The van der Waals surface area contributed by atoms with Gasteiger partial charge in [0.1, 0.15) is 36.2 Å². The highest BCUT2D eigenvalue weighted by molar-refractivity contribution is 5.43. The molecule has 3 rings (SSSR count). The SMILES string of the molecule is CCCC(CCNCCOc1cccc(OCC2CCCCC2)c1C)COc1cccc(OCCN)c1. The summed E-state index contributed by atoms with van der Waals surface area (Å²) in [4.78, 5) is 0. The van der Waals surface area contributed by atoms with E-state index in [1.165, 1.54) is 32.1 Å². The molecule has 0 amide bonds. The lowest BCUT2D eigenvalue weighted by Crippen LogP contribution is -2.25. The molecule has 0 aromatic heterocycles. The maximum absolute atomic E-state index is 6.17. The smallest absolute Gasteiger partial charge is 0.125 e. The van der Waals surface area contributed by atoms with Crippen LogP contribution in [0.5, 0.6) is 23.0 Å². The summed E-state index contributed by atoms with van der Waals surface area (Å²) in [6, 6.07) is 13.9. The Labute approximate surface area is 224 Å². The highest BCUT2D eigenvalue weighted by atomic mass is 16.5. The summed E-state index contributed by atoms with van der Waals surface area (Å²) in [5.41, 5.74) is 6.62. The van der Waals surface area contributed by atoms with E-state index in [1.807, 2.05) is 36.4 Å². The molecule has 2 aromatic rings. The van der Waals surface area contributed by atoms with Crippen LogP contribution in [0, 0.1) is 18.8 Å². The summed E-state index contributed by atoms with van der Waals surface area (Å²) in [6.07, 6.45) is 10.0. The first-order chi connectivity index (χ1) is 18.2. The molecule has 1 unspecified atom stereocenters. The average Bonchev–Trinajstić information content (AvgIpc) is 2.93. The van der Waals surface area contributed by atoms with Gasteiger partial charge in [0.25, 0.3) is 0 Å². The zero-order valence-corrected chi connectivity index (χ0v) is 23.0. The molecular weight excluding hydrogens is 464 g/mol. The second kappa shape index (κ2) is 17.1. The zero-order valence-electron chi connectivity index (χ0n) is 23.0. The highest BCUT2D eigenvalue weighted by Gasteiger charge is 2.15. The molecule has 6 heteroatoms. The second-order valence-electron chi connectivity index (χ2n) is 10.2. The van der Waals surface area contributed by atoms with Gasteiger partial charge >= 0.3 is 0 Å². The molecule has 3 N–H and O–H groups in total. The van der Waals surface area contributed by atoms with Crippen molar-refractivity contribution in [1.82, 2.24) is 5.32 Å². The summed E-state index contributed by atoms with van der Waals surface area (Å²) < 4.78 is 23.9. The van der Waals surface area contributed by atoms with E-state index in [1.54, 1.807) is 0 Å². The Bertz CT molecular complexity index is 885. The van der Waals surface area contributed by atoms with Gasteiger partial charge in [-0.25, -0.2) is 0 Å². The van der Waals surface area contributed by atoms with Gasteiger partial charge in [-0.3, -0.25) is 0 Å². The van der Waals surface area contributed by atoms with Crippen LogP contribution in [0.15, 0.2) is 42.5 Å². The van der Waals surface area contributed by atoms with Gasteiger partial charge in [0.05, 0.1) is 13.2 Å². The van der Waals surface area contributed by atoms with Crippen molar-refractivity contribution < 1.29 is 18.9 Å². The summed E-state index contributed by atoms with van der Waals surface area (Å²) in [5, 5.41) is 3.53. The molecule has 37 heavy (non-hydrogen) atoms. The van der Waals surface area contributed by atoms with Crippen LogP contribution in [0.3, 0.4) is 0 Å². The third-order valence-corrected chi connectivity index (χ3v) is 7.07. The number of hydrogen-bond acceptors (Lipinski definition) is 6. The van der Waals surface area contributed by atoms with Gasteiger partial charge in [0.2, 0.25) is 0 Å². The predicted octanol–water partition coefficient (Wildman–Crippen LogP) is 6.15. The molecule has 1 fully saturated rings. The second-order valence-corrected chi connectivity index (χ2v) is 10.2. The van der Waals surface area contributed by atoms with E-state index in [-0.39, 0.29) is 0 Å². The molecule has 0 aliphatic heterocycles. The lowest BCUT2D eigenvalue weighted by atomic mass is 9.90. The van der Waals surface area contributed by atoms with Crippen molar-refractivity contribution in [2.24, 2.45) is 17.6 Å². The average molecular weight is 513 g/mol. The molecule has 1 aliphatic carbocycles. The van der Waals surface area contributed by atoms with E-state index < -0.39 is 0 Å². The van der Waals surface area contributed by atoms with Crippen molar-refractivity contribution in [3.05, 3.63) is 48.0 Å². The van der Waals surface area contributed by atoms with Crippen molar-refractivity contribution in [3.8, 4) is 23.0 Å². The number of nitrogens with two attached hydrogens (primary N) is 1.